The molecular weight excluding hydrogens is 881 g/mol. The molecule has 0 aromatic heterocycles. The van der Waals surface area contributed by atoms with E-state index < -0.39 is 146 Å². The Bertz CT molecular complexity index is 1750. The number of aliphatic hydroxyl groups is 12. The van der Waals surface area contributed by atoms with Crippen LogP contribution in [0.4, 0.5) is 0 Å². The first-order chi connectivity index (χ1) is 31.3. The second-order valence-corrected chi connectivity index (χ2v) is 22.8. The van der Waals surface area contributed by atoms with Crippen molar-refractivity contribution in [2.75, 3.05) is 19.8 Å². The molecule has 25 atom stereocenters. The van der Waals surface area contributed by atoms with Crippen LogP contribution in [0.25, 0.3) is 0 Å². The lowest BCUT2D eigenvalue weighted by Gasteiger charge is -2.71. The minimum Gasteiger partial charge on any atom is -0.394 e. The van der Waals surface area contributed by atoms with Crippen molar-refractivity contribution in [3.8, 4) is 0 Å². The smallest absolute Gasteiger partial charge is 0.187 e. The predicted octanol–water partition coefficient (Wildman–Crippen LogP) is -0.848. The average molecular weight is 961 g/mol. The number of ketones is 1. The number of allylic oxidation sites excluding steroid dienone is 1. The Labute approximate surface area is 393 Å². The highest BCUT2D eigenvalue weighted by atomic mass is 16.8. The maximum Gasteiger partial charge on any atom is 0.187 e. The van der Waals surface area contributed by atoms with Gasteiger partial charge in [-0.1, -0.05) is 41.2 Å². The van der Waals surface area contributed by atoms with Crippen LogP contribution >= 0.6 is 0 Å². The van der Waals surface area contributed by atoms with Crippen molar-refractivity contribution < 1.29 is 94.5 Å². The zero-order chi connectivity index (χ0) is 49.5. The van der Waals surface area contributed by atoms with Crippen LogP contribution in [0.15, 0.2) is 12.2 Å². The van der Waals surface area contributed by atoms with Crippen molar-refractivity contribution in [2.45, 2.75) is 216 Å². The van der Waals surface area contributed by atoms with Crippen LogP contribution in [0, 0.1) is 45.3 Å². The van der Waals surface area contributed by atoms with E-state index in [0.717, 1.165) is 19.3 Å². The van der Waals surface area contributed by atoms with Crippen LogP contribution in [0.2, 0.25) is 0 Å². The number of fused-ring (bicyclic) bond motifs is 5. The molecule has 67 heavy (non-hydrogen) atoms. The topological polar surface area (TPSA) is 315 Å². The fourth-order valence-corrected chi connectivity index (χ4v) is 14.8. The Morgan fingerprint density at radius 3 is 1.69 bits per heavy atom. The monoisotopic (exact) mass is 961 g/mol. The summed E-state index contributed by atoms with van der Waals surface area (Å²) in [6.07, 6.45) is -19.9. The molecule has 7 rings (SSSR count). The molecule has 12 N–H and O–H groups in total. The van der Waals surface area contributed by atoms with Crippen LogP contribution in [0.1, 0.15) is 106 Å². The van der Waals surface area contributed by atoms with Gasteiger partial charge < -0.3 is 89.7 Å². The molecule has 19 heteroatoms. The summed E-state index contributed by atoms with van der Waals surface area (Å²) < 4.78 is 37.1. The molecule has 3 saturated heterocycles. The lowest BCUT2D eigenvalue weighted by molar-refractivity contribution is -0.382. The molecule has 19 nitrogen and oxygen atoms in total. The zero-order valence-corrected chi connectivity index (χ0v) is 40.0. The third-order valence-electron chi connectivity index (χ3n) is 18.9. The Kier molecular flexibility index (Phi) is 15.7. The van der Waals surface area contributed by atoms with Crippen molar-refractivity contribution in [3.05, 3.63) is 12.2 Å². The highest BCUT2D eigenvalue weighted by Crippen LogP contribution is 2.76. The summed E-state index contributed by atoms with van der Waals surface area (Å²) in [6, 6.07) is 0. The van der Waals surface area contributed by atoms with Gasteiger partial charge >= 0.3 is 0 Å². The number of aliphatic hydroxyl groups excluding tert-OH is 12. The molecule has 7 fully saturated rings. The van der Waals surface area contributed by atoms with Crippen LogP contribution in [0.5, 0.6) is 0 Å². The van der Waals surface area contributed by atoms with Crippen molar-refractivity contribution >= 4 is 5.78 Å². The van der Waals surface area contributed by atoms with E-state index >= 15 is 0 Å². The second-order valence-electron chi connectivity index (χ2n) is 22.8. The molecule has 386 valence electrons. The summed E-state index contributed by atoms with van der Waals surface area (Å²) in [5.74, 6) is -0.831. The molecule has 0 spiro atoms. The van der Waals surface area contributed by atoms with Gasteiger partial charge in [0.1, 0.15) is 73.2 Å². The van der Waals surface area contributed by atoms with Gasteiger partial charge in [0.05, 0.1) is 37.6 Å². The lowest BCUT2D eigenvalue weighted by atomic mass is 9.35. The van der Waals surface area contributed by atoms with Crippen molar-refractivity contribution in [3.63, 3.8) is 0 Å². The molecule has 3 heterocycles. The maximum atomic E-state index is 13.3. The molecule has 0 bridgehead atoms. The lowest BCUT2D eigenvalue weighted by Crippen LogP contribution is -2.68. The van der Waals surface area contributed by atoms with Gasteiger partial charge in [-0.05, 0) is 116 Å². The van der Waals surface area contributed by atoms with Gasteiger partial charge in [0.2, 0.25) is 0 Å². The number of Topliss-reactive ketones (excluding diaryl/α,β-unsaturated/α-hetero) is 1. The summed E-state index contributed by atoms with van der Waals surface area (Å²) in [5.41, 5.74) is -2.46. The molecule has 7 aliphatic rings. The van der Waals surface area contributed by atoms with Crippen molar-refractivity contribution in [1.29, 1.82) is 0 Å². The van der Waals surface area contributed by atoms with Crippen LogP contribution in [0.3, 0.4) is 0 Å². The predicted molar refractivity (Wildman–Crippen MR) is 234 cm³/mol. The van der Waals surface area contributed by atoms with Gasteiger partial charge in [-0.15, -0.1) is 0 Å². The van der Waals surface area contributed by atoms with Crippen LogP contribution < -0.4 is 0 Å². The minimum atomic E-state index is -1.87. The van der Waals surface area contributed by atoms with Crippen LogP contribution in [-0.2, 0) is 33.2 Å². The number of carbonyl (C=O) groups excluding carboxylic acids is 1. The van der Waals surface area contributed by atoms with E-state index in [1.165, 1.54) is 0 Å². The fraction of sp³-hybridized carbons (Fsp3) is 0.938. The van der Waals surface area contributed by atoms with Gasteiger partial charge in [-0.2, -0.15) is 0 Å². The largest absolute Gasteiger partial charge is 0.394 e. The third kappa shape index (κ3) is 8.93. The summed E-state index contributed by atoms with van der Waals surface area (Å²) >= 11 is 0. The van der Waals surface area contributed by atoms with E-state index in [9.17, 15) is 66.1 Å². The quantitative estimate of drug-likeness (QED) is 0.0746. The summed E-state index contributed by atoms with van der Waals surface area (Å²) in [5, 5.41) is 129. The van der Waals surface area contributed by atoms with E-state index in [4.69, 9.17) is 28.4 Å². The number of rotatable bonds is 14. The van der Waals surface area contributed by atoms with Gasteiger partial charge in [0.25, 0.3) is 0 Å². The summed E-state index contributed by atoms with van der Waals surface area (Å²) in [4.78, 5) is 13.3. The first-order valence-electron chi connectivity index (χ1n) is 24.3. The number of hydrogen-bond acceptors (Lipinski definition) is 19. The molecule has 0 amide bonds. The maximum absolute atomic E-state index is 13.3. The molecule has 4 saturated carbocycles. The van der Waals surface area contributed by atoms with Gasteiger partial charge in [0.15, 0.2) is 24.7 Å². The molecular formula is C48H80O19. The van der Waals surface area contributed by atoms with E-state index in [-0.39, 0.29) is 47.2 Å². The van der Waals surface area contributed by atoms with Gasteiger partial charge in [0, 0.05) is 6.42 Å². The molecule has 0 aromatic carbocycles. The summed E-state index contributed by atoms with van der Waals surface area (Å²) in [6.45, 7) is 16.5. The van der Waals surface area contributed by atoms with Gasteiger partial charge in [-0.25, -0.2) is 0 Å². The Morgan fingerprint density at radius 1 is 0.642 bits per heavy atom. The molecule has 0 radical (unpaired) electrons. The van der Waals surface area contributed by atoms with E-state index in [2.05, 4.69) is 41.2 Å². The number of ether oxygens (including phenoxy) is 6. The fourth-order valence-electron chi connectivity index (χ4n) is 14.8. The van der Waals surface area contributed by atoms with E-state index in [1.807, 2.05) is 6.92 Å². The standard InChI is InChI=1S/C48H80O19/c1-21(2)23(52)10-16-48(8,67-43-40(37(59)34(56)27(20-51)64-43)66-42-39(61)36(58)33(55)26(19-50)63-42)22-9-14-47(7)31(22)24(53)17-29-45(5)13-12-30(44(3,4)28(45)11-15-46(29,47)6)65-41-38(60)35(57)32(54)25(18-49)62-41/h22,24-43,49-51,53-61H,1,9-20H2,2-8H3/t22-,24+,25+,26+,27+,28-,29+,30-,31-,32+,33+,34+,35-,36-,37-,38+,39+,40+,41-,42-,43-,45-,46+,47+,48-/m0/s1. The third-order valence-corrected chi connectivity index (χ3v) is 18.9. The highest BCUT2D eigenvalue weighted by Gasteiger charge is 2.72. The zero-order valence-electron chi connectivity index (χ0n) is 40.0. The normalized spacial score (nSPS) is 51.8. The Balaban J connectivity index is 1.17. The molecule has 0 aromatic rings. The first kappa shape index (κ1) is 53.5. The van der Waals surface area contributed by atoms with Crippen LogP contribution in [-0.4, -0.2) is 197 Å². The minimum absolute atomic E-state index is 0.00249. The SMILES string of the molecule is C=C(C)C(=O)CC[C@](C)(O[C@@H]1O[C@H](CO)[C@@H](O)[C@H](O)[C@H]1O[C@@H]1O[C@H](CO)[C@@H](O)[C@H](O)[C@H]1O)[C@H]1CC[C@]2(C)[C@@H]1[C@H](O)C[C@@H]1[C@@]3(C)CC[C@H](O[C@@H]4O[C@H](CO)[C@@H](O)[C@H](O)[C@H]4O)C(C)(C)[C@@H]3CC[C@]12C. The van der Waals surface area contributed by atoms with Gasteiger partial charge in [-0.3, -0.25) is 4.79 Å². The number of carbonyl (C=O) groups is 1. The average Bonchev–Trinajstić information content (AvgIpc) is 3.67. The Morgan fingerprint density at radius 2 is 1.15 bits per heavy atom. The van der Waals surface area contributed by atoms with E-state index in [1.54, 1.807) is 6.92 Å². The van der Waals surface area contributed by atoms with E-state index in [0.29, 0.717) is 31.3 Å². The number of hydrogen-bond donors (Lipinski definition) is 12. The Hall–Kier alpha value is -1.31. The highest BCUT2D eigenvalue weighted by molar-refractivity contribution is 5.94. The first-order valence-corrected chi connectivity index (χ1v) is 24.3. The second kappa shape index (κ2) is 19.6. The molecule has 4 aliphatic carbocycles. The van der Waals surface area contributed by atoms with Crippen molar-refractivity contribution in [1.82, 2.24) is 0 Å². The molecule has 3 aliphatic heterocycles. The molecule has 0 unspecified atom stereocenters. The summed E-state index contributed by atoms with van der Waals surface area (Å²) in [7, 11) is 0. The van der Waals surface area contributed by atoms with Crippen molar-refractivity contribution in [2.24, 2.45) is 45.3 Å².